The molecule has 28 heavy (non-hydrogen) atoms. The Kier molecular flexibility index (Phi) is 5.59. The summed E-state index contributed by atoms with van der Waals surface area (Å²) >= 11 is 0. The molecule has 1 aromatic heterocycles. The van der Waals surface area contributed by atoms with Crippen molar-refractivity contribution in [1.82, 2.24) is 19.0 Å². The fraction of sp³-hybridized carbons (Fsp3) is 0.850. The van der Waals surface area contributed by atoms with Gasteiger partial charge in [-0.2, -0.15) is 9.40 Å². The Bertz CT molecular complexity index is 767. The first-order chi connectivity index (χ1) is 13.3. The molecule has 158 valence electrons. The molecule has 0 atom stereocenters. The zero-order valence-corrected chi connectivity index (χ0v) is 17.8. The van der Waals surface area contributed by atoms with Crippen molar-refractivity contribution >= 4 is 10.0 Å². The van der Waals surface area contributed by atoms with Crippen LogP contribution < -0.4 is 0 Å². The van der Waals surface area contributed by atoms with Crippen LogP contribution in [0.15, 0.2) is 17.3 Å². The maximum absolute atomic E-state index is 12.9. The highest BCUT2D eigenvalue weighted by Crippen LogP contribution is 2.48. The summed E-state index contributed by atoms with van der Waals surface area (Å²) < 4.78 is 29.1. The molecular weight excluding hydrogens is 376 g/mol. The van der Waals surface area contributed by atoms with Gasteiger partial charge >= 0.3 is 0 Å². The maximum Gasteiger partial charge on any atom is 0.246 e. The number of aromatic nitrogens is 2. The van der Waals surface area contributed by atoms with Crippen LogP contribution >= 0.6 is 0 Å². The van der Waals surface area contributed by atoms with Gasteiger partial charge in [-0.05, 0) is 76.8 Å². The zero-order chi connectivity index (χ0) is 19.8. The van der Waals surface area contributed by atoms with Gasteiger partial charge < -0.3 is 10.0 Å². The number of likely N-dealkylation sites (tertiary alicyclic amines) is 1. The van der Waals surface area contributed by atoms with Crippen LogP contribution in [0.3, 0.4) is 0 Å². The minimum Gasteiger partial charge on any atom is -0.389 e. The largest absolute Gasteiger partial charge is 0.389 e. The molecule has 2 aliphatic heterocycles. The summed E-state index contributed by atoms with van der Waals surface area (Å²) in [6.07, 6.45) is 11.1. The Morgan fingerprint density at radius 3 is 2.25 bits per heavy atom. The number of sulfonamides is 1. The topological polar surface area (TPSA) is 78.7 Å². The number of hydrogen-bond acceptors (Lipinski definition) is 5. The molecule has 7 nitrogen and oxygen atoms in total. The predicted molar refractivity (Wildman–Crippen MR) is 107 cm³/mol. The molecule has 3 fully saturated rings. The van der Waals surface area contributed by atoms with Crippen LogP contribution in [0.25, 0.3) is 0 Å². The standard InChI is InChI=1S/C20H34N4O3S/c1-2-23-16-18(15-21-23)28(26,27)24-13-9-19(10-14-24)5-7-20(25,8-6-19)17-22-11-3-4-12-22/h15-16,25H,2-14,17H2,1H3. The van der Waals surface area contributed by atoms with Gasteiger partial charge in [-0.1, -0.05) is 0 Å². The molecule has 3 heterocycles. The first-order valence-electron chi connectivity index (χ1n) is 10.8. The molecule has 1 saturated carbocycles. The van der Waals surface area contributed by atoms with Crippen molar-refractivity contribution in [1.29, 1.82) is 0 Å². The Hall–Kier alpha value is -0.960. The van der Waals surface area contributed by atoms with Gasteiger partial charge in [0.2, 0.25) is 10.0 Å². The van der Waals surface area contributed by atoms with Crippen LogP contribution in [-0.2, 0) is 16.6 Å². The second kappa shape index (κ2) is 7.70. The van der Waals surface area contributed by atoms with E-state index in [0.717, 1.165) is 58.2 Å². The summed E-state index contributed by atoms with van der Waals surface area (Å²) in [6, 6.07) is 0. The van der Waals surface area contributed by atoms with Crippen molar-refractivity contribution < 1.29 is 13.5 Å². The molecule has 1 aliphatic carbocycles. The fourth-order valence-electron chi connectivity index (χ4n) is 5.26. The van der Waals surface area contributed by atoms with E-state index in [1.807, 2.05) is 6.92 Å². The van der Waals surface area contributed by atoms with Crippen LogP contribution in [0.5, 0.6) is 0 Å². The SMILES string of the molecule is CCn1cc(S(=O)(=O)N2CCC3(CC2)CCC(O)(CN2CCCC2)CC3)cn1. The van der Waals surface area contributed by atoms with E-state index in [-0.39, 0.29) is 5.41 Å². The van der Waals surface area contributed by atoms with Gasteiger partial charge in [-0.15, -0.1) is 0 Å². The summed E-state index contributed by atoms with van der Waals surface area (Å²) in [5.41, 5.74) is -0.343. The van der Waals surface area contributed by atoms with Crippen LogP contribution in [0.4, 0.5) is 0 Å². The van der Waals surface area contributed by atoms with Crippen LogP contribution in [-0.4, -0.2) is 70.8 Å². The van der Waals surface area contributed by atoms with Crippen molar-refractivity contribution in [3.05, 3.63) is 12.4 Å². The number of hydrogen-bond donors (Lipinski definition) is 1. The van der Waals surface area contributed by atoms with Gasteiger partial charge in [-0.3, -0.25) is 4.68 Å². The smallest absolute Gasteiger partial charge is 0.246 e. The summed E-state index contributed by atoms with van der Waals surface area (Å²) in [5.74, 6) is 0. The minimum atomic E-state index is -3.45. The zero-order valence-electron chi connectivity index (χ0n) is 17.0. The lowest BCUT2D eigenvalue weighted by Gasteiger charge is -2.48. The van der Waals surface area contributed by atoms with Crippen molar-refractivity contribution in [2.24, 2.45) is 5.41 Å². The van der Waals surface area contributed by atoms with E-state index in [9.17, 15) is 13.5 Å². The predicted octanol–water partition coefficient (Wildman–Crippen LogP) is 2.07. The average Bonchev–Trinajstić information content (AvgIpc) is 3.37. The van der Waals surface area contributed by atoms with Gasteiger partial charge in [0.05, 0.1) is 11.8 Å². The lowest BCUT2D eigenvalue weighted by Crippen LogP contribution is -2.50. The normalized spacial score (nSPS) is 26.1. The highest BCUT2D eigenvalue weighted by atomic mass is 32.2. The first-order valence-corrected chi connectivity index (χ1v) is 12.3. The molecule has 1 aromatic rings. The second-order valence-corrected chi connectivity index (χ2v) is 11.1. The first kappa shape index (κ1) is 20.3. The van der Waals surface area contributed by atoms with Crippen LogP contribution in [0.2, 0.25) is 0 Å². The summed E-state index contributed by atoms with van der Waals surface area (Å²) in [6.45, 7) is 6.81. The van der Waals surface area contributed by atoms with Crippen molar-refractivity contribution in [2.45, 2.75) is 75.3 Å². The van der Waals surface area contributed by atoms with Crippen LogP contribution in [0, 0.1) is 5.41 Å². The number of piperidine rings is 1. The Balaban J connectivity index is 1.34. The molecule has 0 amide bonds. The molecule has 0 aromatic carbocycles. The summed E-state index contributed by atoms with van der Waals surface area (Å²) in [7, 11) is -3.45. The van der Waals surface area contributed by atoms with Gasteiger partial charge in [0.25, 0.3) is 0 Å². The van der Waals surface area contributed by atoms with E-state index in [0.29, 0.717) is 24.5 Å². The molecule has 1 spiro atoms. The lowest BCUT2D eigenvalue weighted by atomic mass is 9.64. The van der Waals surface area contributed by atoms with Gasteiger partial charge in [0.1, 0.15) is 4.90 Å². The van der Waals surface area contributed by atoms with E-state index in [2.05, 4.69) is 10.00 Å². The van der Waals surface area contributed by atoms with Gasteiger partial charge in [0, 0.05) is 32.4 Å². The molecule has 0 bridgehead atoms. The third-order valence-corrected chi connectivity index (χ3v) is 9.16. The number of aliphatic hydroxyl groups is 1. The van der Waals surface area contributed by atoms with E-state index in [4.69, 9.17) is 0 Å². The maximum atomic E-state index is 12.9. The quantitative estimate of drug-likeness (QED) is 0.804. The number of rotatable bonds is 5. The van der Waals surface area contributed by atoms with Crippen molar-refractivity contribution in [3.8, 4) is 0 Å². The third-order valence-electron chi connectivity index (χ3n) is 7.31. The molecule has 2 saturated heterocycles. The highest BCUT2D eigenvalue weighted by Gasteiger charge is 2.45. The summed E-state index contributed by atoms with van der Waals surface area (Å²) in [5, 5.41) is 15.2. The Labute approximate surface area is 168 Å². The molecule has 3 aliphatic rings. The molecule has 4 rings (SSSR count). The van der Waals surface area contributed by atoms with Crippen molar-refractivity contribution in [3.63, 3.8) is 0 Å². The monoisotopic (exact) mass is 410 g/mol. The molecule has 0 radical (unpaired) electrons. The molecular formula is C20H34N4O3S. The van der Waals surface area contributed by atoms with E-state index >= 15 is 0 Å². The number of aryl methyl sites for hydroxylation is 1. The minimum absolute atomic E-state index is 0.205. The fourth-order valence-corrected chi connectivity index (χ4v) is 6.66. The van der Waals surface area contributed by atoms with Crippen LogP contribution in [0.1, 0.15) is 58.3 Å². The van der Waals surface area contributed by atoms with Gasteiger partial charge in [0.15, 0.2) is 0 Å². The van der Waals surface area contributed by atoms with E-state index in [1.54, 1.807) is 15.2 Å². The summed E-state index contributed by atoms with van der Waals surface area (Å²) in [4.78, 5) is 2.71. The third kappa shape index (κ3) is 4.01. The second-order valence-electron chi connectivity index (χ2n) is 9.14. The van der Waals surface area contributed by atoms with Crippen molar-refractivity contribution in [2.75, 3.05) is 32.7 Å². The average molecular weight is 411 g/mol. The molecule has 0 unspecified atom stereocenters. The van der Waals surface area contributed by atoms with E-state index < -0.39 is 15.6 Å². The Morgan fingerprint density at radius 1 is 1.04 bits per heavy atom. The van der Waals surface area contributed by atoms with E-state index in [1.165, 1.54) is 19.0 Å². The highest BCUT2D eigenvalue weighted by molar-refractivity contribution is 7.89. The molecule has 8 heteroatoms. The number of nitrogens with zero attached hydrogens (tertiary/aromatic N) is 4. The lowest BCUT2D eigenvalue weighted by molar-refractivity contribution is -0.0625. The van der Waals surface area contributed by atoms with Gasteiger partial charge in [-0.25, -0.2) is 8.42 Å². The Morgan fingerprint density at radius 2 is 1.68 bits per heavy atom. The number of β-amino-alcohol motifs (C(OH)–C–C–N with tert-alkyl or cyclic N) is 1. The molecule has 1 N–H and O–H groups in total.